The van der Waals surface area contributed by atoms with Crippen LogP contribution in [0.2, 0.25) is 0 Å². The summed E-state index contributed by atoms with van der Waals surface area (Å²) in [5.74, 6) is -1.35. The molecule has 0 saturated carbocycles. The Morgan fingerprint density at radius 3 is 2.74 bits per heavy atom. The maximum atomic E-state index is 12.0. The summed E-state index contributed by atoms with van der Waals surface area (Å²) in [5.41, 5.74) is 0. The fourth-order valence-corrected chi connectivity index (χ4v) is 2.52. The lowest BCUT2D eigenvalue weighted by Crippen LogP contribution is -2.50. The second kappa shape index (κ2) is 8.15. The maximum Gasteiger partial charge on any atom is 0.308 e. The highest BCUT2D eigenvalue weighted by Gasteiger charge is 2.35. The lowest BCUT2D eigenvalue weighted by atomic mass is 9.90. The van der Waals surface area contributed by atoms with Crippen molar-refractivity contribution in [3.05, 3.63) is 0 Å². The molecular weight excluding hydrogens is 246 g/mol. The number of carboxylic acid groups (broad SMARTS) is 1. The number of hydrogen-bond donors (Lipinski definition) is 1. The predicted octanol–water partition coefficient (Wildman–Crippen LogP) is 1.90. The van der Waals surface area contributed by atoms with Gasteiger partial charge in [0, 0.05) is 19.2 Å². The Hall–Kier alpha value is -1.10. The quantitative estimate of drug-likeness (QED) is 0.718. The first-order valence-corrected chi connectivity index (χ1v) is 7.18. The van der Waals surface area contributed by atoms with Crippen molar-refractivity contribution in [2.45, 2.75) is 52.0 Å². The summed E-state index contributed by atoms with van der Waals surface area (Å²) in [6.45, 7) is 5.24. The Morgan fingerprint density at radius 1 is 1.37 bits per heavy atom. The molecule has 1 fully saturated rings. The van der Waals surface area contributed by atoms with Crippen LogP contribution in [0.15, 0.2) is 0 Å². The van der Waals surface area contributed by atoms with Gasteiger partial charge < -0.3 is 14.7 Å². The normalized spacial score (nSPS) is 23.4. The molecular formula is C14H25NO4. The molecule has 1 aliphatic heterocycles. The standard InChI is InChI=1S/C14H25NO4/c1-3-4-5-9-19-10-13(16)15-8-6-7-12(11(15)2)14(17)18/h11-12H,3-10H2,1-2H3,(H,17,18)/t11-,12-/m0/s1. The maximum absolute atomic E-state index is 12.0. The van der Waals surface area contributed by atoms with E-state index in [1.165, 1.54) is 0 Å². The SMILES string of the molecule is CCCCCOCC(=O)N1CCC[C@H](C(=O)O)[C@@H]1C. The smallest absolute Gasteiger partial charge is 0.308 e. The van der Waals surface area contributed by atoms with Crippen LogP contribution in [0.5, 0.6) is 0 Å². The van der Waals surface area contributed by atoms with Crippen LogP contribution >= 0.6 is 0 Å². The predicted molar refractivity (Wildman–Crippen MR) is 71.9 cm³/mol. The number of aliphatic carboxylic acids is 1. The average Bonchev–Trinajstić information content (AvgIpc) is 2.38. The zero-order valence-electron chi connectivity index (χ0n) is 11.9. The molecule has 1 aliphatic rings. The van der Waals surface area contributed by atoms with Crippen molar-refractivity contribution in [1.29, 1.82) is 0 Å². The van der Waals surface area contributed by atoms with Crippen molar-refractivity contribution in [2.24, 2.45) is 5.92 Å². The minimum absolute atomic E-state index is 0.0698. The Kier molecular flexibility index (Phi) is 6.84. The molecule has 5 nitrogen and oxygen atoms in total. The van der Waals surface area contributed by atoms with Crippen LogP contribution in [0, 0.1) is 5.92 Å². The number of unbranched alkanes of at least 4 members (excludes halogenated alkanes) is 2. The number of hydrogen-bond acceptors (Lipinski definition) is 3. The topological polar surface area (TPSA) is 66.8 Å². The lowest BCUT2D eigenvalue weighted by molar-refractivity contribution is -0.150. The van der Waals surface area contributed by atoms with Crippen molar-refractivity contribution in [2.75, 3.05) is 19.8 Å². The van der Waals surface area contributed by atoms with Crippen LogP contribution in [0.1, 0.15) is 46.0 Å². The van der Waals surface area contributed by atoms with E-state index >= 15 is 0 Å². The Bertz CT molecular complexity index is 306. The summed E-state index contributed by atoms with van der Waals surface area (Å²) in [7, 11) is 0. The number of piperidine rings is 1. The van der Waals surface area contributed by atoms with Crippen molar-refractivity contribution < 1.29 is 19.4 Å². The molecule has 19 heavy (non-hydrogen) atoms. The first kappa shape index (κ1) is 16.0. The number of rotatable bonds is 7. The van der Waals surface area contributed by atoms with E-state index in [0.717, 1.165) is 25.7 Å². The van der Waals surface area contributed by atoms with Gasteiger partial charge in [-0.3, -0.25) is 9.59 Å². The van der Waals surface area contributed by atoms with Crippen LogP contribution in [0.25, 0.3) is 0 Å². The largest absolute Gasteiger partial charge is 0.481 e. The van der Waals surface area contributed by atoms with E-state index in [0.29, 0.717) is 19.6 Å². The Labute approximate surface area is 114 Å². The molecule has 110 valence electrons. The molecule has 0 aromatic heterocycles. The van der Waals surface area contributed by atoms with Crippen molar-refractivity contribution in [3.63, 3.8) is 0 Å². The van der Waals surface area contributed by atoms with E-state index in [4.69, 9.17) is 9.84 Å². The molecule has 1 saturated heterocycles. The Morgan fingerprint density at radius 2 is 2.11 bits per heavy atom. The van der Waals surface area contributed by atoms with Gasteiger partial charge in [0.15, 0.2) is 0 Å². The molecule has 1 N–H and O–H groups in total. The monoisotopic (exact) mass is 271 g/mol. The number of carboxylic acids is 1. The molecule has 2 atom stereocenters. The third kappa shape index (κ3) is 4.82. The molecule has 1 heterocycles. The van der Waals surface area contributed by atoms with Gasteiger partial charge >= 0.3 is 5.97 Å². The molecule has 0 radical (unpaired) electrons. The number of carbonyl (C=O) groups is 2. The number of ether oxygens (including phenoxy) is 1. The molecule has 1 amide bonds. The number of carbonyl (C=O) groups excluding carboxylic acids is 1. The van der Waals surface area contributed by atoms with Gasteiger partial charge in [-0.25, -0.2) is 0 Å². The molecule has 0 aliphatic carbocycles. The van der Waals surface area contributed by atoms with Crippen molar-refractivity contribution in [1.82, 2.24) is 4.90 Å². The highest BCUT2D eigenvalue weighted by molar-refractivity contribution is 5.79. The van der Waals surface area contributed by atoms with E-state index < -0.39 is 11.9 Å². The van der Waals surface area contributed by atoms with Crippen molar-refractivity contribution >= 4 is 11.9 Å². The average molecular weight is 271 g/mol. The zero-order valence-corrected chi connectivity index (χ0v) is 11.9. The Balaban J connectivity index is 2.36. The molecule has 0 aromatic carbocycles. The van der Waals surface area contributed by atoms with E-state index in [9.17, 15) is 9.59 Å². The van der Waals surface area contributed by atoms with E-state index in [1.54, 1.807) is 4.90 Å². The number of amides is 1. The summed E-state index contributed by atoms with van der Waals surface area (Å²) in [6.07, 6.45) is 4.60. The zero-order chi connectivity index (χ0) is 14.3. The van der Waals surface area contributed by atoms with Crippen LogP contribution < -0.4 is 0 Å². The highest BCUT2D eigenvalue weighted by Crippen LogP contribution is 2.23. The van der Waals surface area contributed by atoms with E-state index in [1.807, 2.05) is 6.92 Å². The van der Waals surface area contributed by atoms with Crippen LogP contribution in [0.3, 0.4) is 0 Å². The second-order valence-corrected chi connectivity index (χ2v) is 5.17. The minimum atomic E-state index is -0.811. The summed E-state index contributed by atoms with van der Waals surface area (Å²) in [4.78, 5) is 24.8. The van der Waals surface area contributed by atoms with Crippen LogP contribution in [0.4, 0.5) is 0 Å². The summed E-state index contributed by atoms with van der Waals surface area (Å²) < 4.78 is 5.36. The third-order valence-corrected chi connectivity index (χ3v) is 3.74. The summed E-state index contributed by atoms with van der Waals surface area (Å²) >= 11 is 0. The fraction of sp³-hybridized carbons (Fsp3) is 0.857. The highest BCUT2D eigenvalue weighted by atomic mass is 16.5. The lowest BCUT2D eigenvalue weighted by Gasteiger charge is -2.37. The van der Waals surface area contributed by atoms with E-state index in [2.05, 4.69) is 6.92 Å². The summed E-state index contributed by atoms with van der Waals surface area (Å²) in [5, 5.41) is 9.11. The molecule has 1 rings (SSSR count). The van der Waals surface area contributed by atoms with Gasteiger partial charge in [-0.2, -0.15) is 0 Å². The van der Waals surface area contributed by atoms with Gasteiger partial charge in [-0.05, 0) is 26.2 Å². The van der Waals surface area contributed by atoms with Gasteiger partial charge in [0.05, 0.1) is 5.92 Å². The van der Waals surface area contributed by atoms with Gasteiger partial charge in [-0.1, -0.05) is 19.8 Å². The number of nitrogens with zero attached hydrogens (tertiary/aromatic N) is 1. The second-order valence-electron chi connectivity index (χ2n) is 5.17. The van der Waals surface area contributed by atoms with Crippen LogP contribution in [-0.2, 0) is 14.3 Å². The number of likely N-dealkylation sites (tertiary alicyclic amines) is 1. The molecule has 0 aromatic rings. The van der Waals surface area contributed by atoms with Gasteiger partial charge in [0.25, 0.3) is 0 Å². The first-order chi connectivity index (χ1) is 9.07. The van der Waals surface area contributed by atoms with Gasteiger partial charge in [-0.15, -0.1) is 0 Å². The third-order valence-electron chi connectivity index (χ3n) is 3.74. The van der Waals surface area contributed by atoms with E-state index in [-0.39, 0.29) is 18.6 Å². The molecule has 0 unspecified atom stereocenters. The fourth-order valence-electron chi connectivity index (χ4n) is 2.52. The van der Waals surface area contributed by atoms with Gasteiger partial charge in [0.2, 0.25) is 5.91 Å². The molecule has 0 bridgehead atoms. The molecule has 0 spiro atoms. The van der Waals surface area contributed by atoms with Crippen molar-refractivity contribution in [3.8, 4) is 0 Å². The van der Waals surface area contributed by atoms with Gasteiger partial charge in [0.1, 0.15) is 6.61 Å². The minimum Gasteiger partial charge on any atom is -0.481 e. The molecule has 5 heteroatoms. The van der Waals surface area contributed by atoms with Crippen LogP contribution in [-0.4, -0.2) is 47.7 Å². The first-order valence-electron chi connectivity index (χ1n) is 7.18. The summed E-state index contributed by atoms with van der Waals surface area (Å²) in [6, 6.07) is -0.238.